The first-order chi connectivity index (χ1) is 6.94. The maximum Gasteiger partial charge on any atom is 0.389 e. The van der Waals surface area contributed by atoms with Crippen molar-refractivity contribution < 1.29 is 27.2 Å². The molecule has 0 unspecified atom stereocenters. The van der Waals surface area contributed by atoms with Gasteiger partial charge in [-0.1, -0.05) is 5.16 Å². The topological polar surface area (TPSA) is 52.3 Å². The number of nitrogens with zero attached hydrogens (tertiary/aromatic N) is 1. The SMILES string of the molecule is COC(=O)c1conc1CCC(F)(F)F. The van der Waals surface area contributed by atoms with Gasteiger partial charge in [-0.3, -0.25) is 0 Å². The molecule has 0 fully saturated rings. The van der Waals surface area contributed by atoms with Gasteiger partial charge in [0, 0.05) is 12.8 Å². The predicted molar refractivity (Wildman–Crippen MR) is 42.2 cm³/mol. The van der Waals surface area contributed by atoms with Crippen LogP contribution in [0.1, 0.15) is 22.5 Å². The molecule has 1 heterocycles. The minimum Gasteiger partial charge on any atom is -0.465 e. The van der Waals surface area contributed by atoms with Gasteiger partial charge >= 0.3 is 12.1 Å². The Bertz CT molecular complexity index is 345. The number of aromatic nitrogens is 1. The minimum absolute atomic E-state index is 0.0424. The molecule has 7 heteroatoms. The fourth-order valence-corrected chi connectivity index (χ4v) is 0.976. The highest BCUT2D eigenvalue weighted by molar-refractivity contribution is 5.89. The summed E-state index contributed by atoms with van der Waals surface area (Å²) in [6, 6.07) is 0. The monoisotopic (exact) mass is 223 g/mol. The first-order valence-corrected chi connectivity index (χ1v) is 4.02. The third-order valence-electron chi connectivity index (χ3n) is 1.69. The highest BCUT2D eigenvalue weighted by Gasteiger charge is 2.28. The number of carbonyl (C=O) groups excluding carboxylic acids is 1. The molecule has 84 valence electrons. The maximum absolute atomic E-state index is 11.9. The highest BCUT2D eigenvalue weighted by atomic mass is 19.4. The molecule has 1 aromatic heterocycles. The van der Waals surface area contributed by atoms with Crippen LogP contribution in [0.3, 0.4) is 0 Å². The van der Waals surface area contributed by atoms with E-state index >= 15 is 0 Å². The zero-order valence-corrected chi connectivity index (χ0v) is 7.80. The summed E-state index contributed by atoms with van der Waals surface area (Å²) >= 11 is 0. The smallest absolute Gasteiger partial charge is 0.389 e. The summed E-state index contributed by atoms with van der Waals surface area (Å²) in [4.78, 5) is 11.0. The number of rotatable bonds is 3. The van der Waals surface area contributed by atoms with Crippen LogP contribution < -0.4 is 0 Å². The molecule has 0 aliphatic rings. The second-order valence-electron chi connectivity index (χ2n) is 2.78. The van der Waals surface area contributed by atoms with Gasteiger partial charge in [0.2, 0.25) is 0 Å². The van der Waals surface area contributed by atoms with Crippen LogP contribution in [0, 0.1) is 0 Å². The molecule has 15 heavy (non-hydrogen) atoms. The van der Waals surface area contributed by atoms with Gasteiger partial charge in [0.25, 0.3) is 0 Å². The number of hydrogen-bond donors (Lipinski definition) is 0. The number of hydrogen-bond acceptors (Lipinski definition) is 4. The van der Waals surface area contributed by atoms with E-state index in [-0.39, 0.29) is 11.3 Å². The van der Waals surface area contributed by atoms with Crippen LogP contribution in [-0.2, 0) is 11.2 Å². The Morgan fingerprint density at radius 2 is 2.27 bits per heavy atom. The molecular weight excluding hydrogens is 215 g/mol. The molecule has 1 rings (SSSR count). The van der Waals surface area contributed by atoms with Crippen molar-refractivity contribution in [3.05, 3.63) is 17.5 Å². The van der Waals surface area contributed by atoms with Crippen LogP contribution in [0.15, 0.2) is 10.8 Å². The fourth-order valence-electron chi connectivity index (χ4n) is 0.976. The van der Waals surface area contributed by atoms with Crippen LogP contribution in [0.2, 0.25) is 0 Å². The first kappa shape index (κ1) is 11.5. The lowest BCUT2D eigenvalue weighted by molar-refractivity contribution is -0.134. The molecule has 0 spiro atoms. The van der Waals surface area contributed by atoms with Gasteiger partial charge in [0.15, 0.2) is 0 Å². The van der Waals surface area contributed by atoms with E-state index in [0.717, 1.165) is 13.4 Å². The summed E-state index contributed by atoms with van der Waals surface area (Å²) in [6.45, 7) is 0. The lowest BCUT2D eigenvalue weighted by Gasteiger charge is -2.04. The van der Waals surface area contributed by atoms with Gasteiger partial charge in [0.05, 0.1) is 12.8 Å². The zero-order valence-electron chi connectivity index (χ0n) is 7.80. The van der Waals surface area contributed by atoms with Gasteiger partial charge in [-0.25, -0.2) is 4.79 Å². The zero-order chi connectivity index (χ0) is 11.5. The number of ether oxygens (including phenoxy) is 1. The Kier molecular flexibility index (Phi) is 3.33. The van der Waals surface area contributed by atoms with Crippen LogP contribution >= 0.6 is 0 Å². The van der Waals surface area contributed by atoms with E-state index in [4.69, 9.17) is 0 Å². The Morgan fingerprint density at radius 3 is 2.80 bits per heavy atom. The first-order valence-electron chi connectivity index (χ1n) is 4.02. The molecule has 0 aliphatic carbocycles. The number of carbonyl (C=O) groups is 1. The molecule has 0 N–H and O–H groups in total. The fraction of sp³-hybridized carbons (Fsp3) is 0.500. The number of esters is 1. The van der Waals surface area contributed by atoms with Crippen LogP contribution in [-0.4, -0.2) is 24.4 Å². The second-order valence-corrected chi connectivity index (χ2v) is 2.78. The predicted octanol–water partition coefficient (Wildman–Crippen LogP) is 1.96. The summed E-state index contributed by atoms with van der Waals surface area (Å²) in [5, 5.41) is 3.31. The van der Waals surface area contributed by atoms with Crippen LogP contribution in [0.5, 0.6) is 0 Å². The van der Waals surface area contributed by atoms with E-state index < -0.39 is 25.0 Å². The summed E-state index contributed by atoms with van der Waals surface area (Å²) in [5.74, 6) is -0.756. The van der Waals surface area contributed by atoms with Crippen molar-refractivity contribution in [2.75, 3.05) is 7.11 Å². The molecule has 0 radical (unpaired) electrons. The standard InChI is InChI=1S/C8H8F3NO3/c1-14-7(13)5-4-15-12-6(5)2-3-8(9,10)11/h4H,2-3H2,1H3. The Hall–Kier alpha value is -1.53. The van der Waals surface area contributed by atoms with E-state index in [9.17, 15) is 18.0 Å². The molecule has 0 aromatic carbocycles. The second kappa shape index (κ2) is 4.33. The van der Waals surface area contributed by atoms with E-state index in [0.29, 0.717) is 0 Å². The average Bonchev–Trinajstić information content (AvgIpc) is 2.60. The molecule has 0 bridgehead atoms. The van der Waals surface area contributed by atoms with Crippen molar-refractivity contribution in [3.63, 3.8) is 0 Å². The van der Waals surface area contributed by atoms with Crippen molar-refractivity contribution in [2.45, 2.75) is 19.0 Å². The van der Waals surface area contributed by atoms with E-state index in [1.807, 2.05) is 0 Å². The molecule has 0 amide bonds. The number of halogens is 3. The number of methoxy groups -OCH3 is 1. The lowest BCUT2D eigenvalue weighted by Crippen LogP contribution is -2.11. The van der Waals surface area contributed by atoms with Crippen molar-refractivity contribution in [2.24, 2.45) is 0 Å². The van der Waals surface area contributed by atoms with E-state index in [1.54, 1.807) is 0 Å². The molecule has 0 saturated heterocycles. The lowest BCUT2D eigenvalue weighted by atomic mass is 10.1. The van der Waals surface area contributed by atoms with E-state index in [2.05, 4.69) is 14.4 Å². The van der Waals surface area contributed by atoms with Crippen molar-refractivity contribution in [1.82, 2.24) is 5.16 Å². The van der Waals surface area contributed by atoms with E-state index in [1.165, 1.54) is 0 Å². The molecule has 0 aliphatic heterocycles. The quantitative estimate of drug-likeness (QED) is 0.735. The molecular formula is C8H8F3NO3. The largest absolute Gasteiger partial charge is 0.465 e. The Morgan fingerprint density at radius 1 is 1.60 bits per heavy atom. The van der Waals surface area contributed by atoms with Crippen molar-refractivity contribution in [3.8, 4) is 0 Å². The van der Waals surface area contributed by atoms with Gasteiger partial charge < -0.3 is 9.26 Å². The Balaban J connectivity index is 2.70. The van der Waals surface area contributed by atoms with Crippen LogP contribution in [0.25, 0.3) is 0 Å². The van der Waals surface area contributed by atoms with Gasteiger partial charge in [-0.05, 0) is 0 Å². The minimum atomic E-state index is -4.29. The van der Waals surface area contributed by atoms with Gasteiger partial charge in [-0.2, -0.15) is 13.2 Å². The average molecular weight is 223 g/mol. The highest BCUT2D eigenvalue weighted by Crippen LogP contribution is 2.22. The van der Waals surface area contributed by atoms with Gasteiger partial charge in [-0.15, -0.1) is 0 Å². The van der Waals surface area contributed by atoms with Crippen LogP contribution in [0.4, 0.5) is 13.2 Å². The number of aryl methyl sites for hydroxylation is 1. The summed E-state index contributed by atoms with van der Waals surface area (Å²) in [5.41, 5.74) is -0.110. The summed E-state index contributed by atoms with van der Waals surface area (Å²) in [7, 11) is 1.13. The molecule has 1 aromatic rings. The maximum atomic E-state index is 11.9. The normalized spacial score (nSPS) is 11.5. The molecule has 0 atom stereocenters. The third-order valence-corrected chi connectivity index (χ3v) is 1.69. The van der Waals surface area contributed by atoms with Crippen molar-refractivity contribution in [1.29, 1.82) is 0 Å². The van der Waals surface area contributed by atoms with Crippen molar-refractivity contribution >= 4 is 5.97 Å². The Labute approximate surface area is 83.0 Å². The number of alkyl halides is 3. The van der Waals surface area contributed by atoms with Gasteiger partial charge in [0.1, 0.15) is 11.8 Å². The molecule has 0 saturated carbocycles. The summed E-state index contributed by atoms with van der Waals surface area (Å²) in [6.07, 6.45) is -4.77. The third kappa shape index (κ3) is 3.26. The summed E-state index contributed by atoms with van der Waals surface area (Å²) < 4.78 is 44.4. The molecule has 4 nitrogen and oxygen atoms in total.